The van der Waals surface area contributed by atoms with Crippen molar-refractivity contribution < 1.29 is 9.72 Å². The van der Waals surface area contributed by atoms with Crippen LogP contribution in [0.1, 0.15) is 16.7 Å². The van der Waals surface area contributed by atoms with Gasteiger partial charge in [-0.05, 0) is 36.6 Å². The molecule has 0 aliphatic heterocycles. The van der Waals surface area contributed by atoms with Crippen LogP contribution in [0.3, 0.4) is 0 Å². The summed E-state index contributed by atoms with van der Waals surface area (Å²) >= 11 is 1.47. The Labute approximate surface area is 139 Å². The summed E-state index contributed by atoms with van der Waals surface area (Å²) in [6.07, 6.45) is 0. The number of anilines is 1. The van der Waals surface area contributed by atoms with Gasteiger partial charge in [0.15, 0.2) is 0 Å². The molecule has 0 saturated heterocycles. The van der Waals surface area contributed by atoms with Crippen LogP contribution >= 0.6 is 11.8 Å². The van der Waals surface area contributed by atoms with E-state index in [0.717, 1.165) is 22.4 Å². The second kappa shape index (κ2) is 7.78. The van der Waals surface area contributed by atoms with Crippen molar-refractivity contribution in [2.24, 2.45) is 0 Å². The van der Waals surface area contributed by atoms with Crippen molar-refractivity contribution in [3.05, 3.63) is 69.3 Å². The van der Waals surface area contributed by atoms with Gasteiger partial charge in [0.25, 0.3) is 5.69 Å². The summed E-state index contributed by atoms with van der Waals surface area (Å²) in [6, 6.07) is 13.0. The monoisotopic (exact) mass is 330 g/mol. The summed E-state index contributed by atoms with van der Waals surface area (Å²) in [5, 5.41) is 13.8. The van der Waals surface area contributed by atoms with Crippen LogP contribution in [-0.4, -0.2) is 16.6 Å². The van der Waals surface area contributed by atoms with Crippen LogP contribution in [-0.2, 0) is 10.5 Å². The van der Waals surface area contributed by atoms with Crippen LogP contribution in [0.2, 0.25) is 0 Å². The van der Waals surface area contributed by atoms with Crippen LogP contribution in [0, 0.1) is 24.0 Å². The number of benzene rings is 2. The van der Waals surface area contributed by atoms with Gasteiger partial charge < -0.3 is 5.32 Å². The quantitative estimate of drug-likeness (QED) is 0.640. The number of nitro groups is 1. The lowest BCUT2D eigenvalue weighted by Crippen LogP contribution is -2.15. The van der Waals surface area contributed by atoms with Crippen molar-refractivity contribution in [3.63, 3.8) is 0 Å². The minimum absolute atomic E-state index is 0.0745. The molecular formula is C17H18N2O3S. The van der Waals surface area contributed by atoms with Crippen molar-refractivity contribution in [2.45, 2.75) is 19.6 Å². The number of rotatable bonds is 6. The molecule has 0 radical (unpaired) electrons. The molecule has 5 nitrogen and oxygen atoms in total. The molecule has 0 unspecified atom stereocenters. The zero-order chi connectivity index (χ0) is 16.8. The highest BCUT2D eigenvalue weighted by molar-refractivity contribution is 7.99. The molecule has 2 rings (SSSR count). The van der Waals surface area contributed by atoms with Crippen molar-refractivity contribution in [1.82, 2.24) is 0 Å². The normalized spacial score (nSPS) is 10.3. The van der Waals surface area contributed by atoms with E-state index in [9.17, 15) is 14.9 Å². The number of thioether (sulfide) groups is 1. The van der Waals surface area contributed by atoms with Gasteiger partial charge in [0.05, 0.1) is 10.7 Å². The first kappa shape index (κ1) is 17.0. The van der Waals surface area contributed by atoms with Gasteiger partial charge in [0.1, 0.15) is 5.69 Å². The SMILES string of the molecule is Cc1cc(NC(=O)CSCc2ccccc2)c([N+](=O)[O-])cc1C. The standard InChI is InChI=1S/C17H18N2O3S/c1-12-8-15(16(19(21)22)9-13(12)2)18-17(20)11-23-10-14-6-4-3-5-7-14/h3-9H,10-11H2,1-2H3,(H,18,20). The minimum atomic E-state index is -0.473. The minimum Gasteiger partial charge on any atom is -0.320 e. The average molecular weight is 330 g/mol. The lowest BCUT2D eigenvalue weighted by Gasteiger charge is -2.09. The lowest BCUT2D eigenvalue weighted by molar-refractivity contribution is -0.384. The first-order chi connectivity index (χ1) is 11.0. The molecule has 2 aromatic carbocycles. The number of nitro benzene ring substituents is 1. The van der Waals surface area contributed by atoms with Crippen LogP contribution in [0.4, 0.5) is 11.4 Å². The zero-order valence-electron chi connectivity index (χ0n) is 13.0. The number of hydrogen-bond donors (Lipinski definition) is 1. The van der Waals surface area contributed by atoms with Gasteiger partial charge in [0.2, 0.25) is 5.91 Å². The molecule has 0 atom stereocenters. The fourth-order valence-corrected chi connectivity index (χ4v) is 2.86. The molecule has 1 amide bonds. The summed E-state index contributed by atoms with van der Waals surface area (Å²) in [6.45, 7) is 3.67. The fraction of sp³-hybridized carbons (Fsp3) is 0.235. The van der Waals surface area contributed by atoms with Gasteiger partial charge in [-0.3, -0.25) is 14.9 Å². The number of nitrogens with one attached hydrogen (secondary N) is 1. The van der Waals surface area contributed by atoms with E-state index in [1.807, 2.05) is 44.2 Å². The summed E-state index contributed by atoms with van der Waals surface area (Å²) in [5.41, 5.74) is 3.05. The molecule has 23 heavy (non-hydrogen) atoms. The number of carbonyl (C=O) groups excluding carboxylic acids is 1. The van der Waals surface area contributed by atoms with E-state index in [2.05, 4.69) is 5.32 Å². The Morgan fingerprint density at radius 3 is 2.48 bits per heavy atom. The Kier molecular flexibility index (Phi) is 5.76. The summed E-state index contributed by atoms with van der Waals surface area (Å²) in [7, 11) is 0. The summed E-state index contributed by atoms with van der Waals surface area (Å²) in [5.74, 6) is 0.736. The summed E-state index contributed by atoms with van der Waals surface area (Å²) in [4.78, 5) is 22.7. The molecule has 2 aromatic rings. The Hall–Kier alpha value is -2.34. The van der Waals surface area contributed by atoms with Crippen LogP contribution in [0.5, 0.6) is 0 Å². The molecular weight excluding hydrogens is 312 g/mol. The van der Waals surface area contributed by atoms with E-state index in [1.165, 1.54) is 17.8 Å². The third-order valence-corrected chi connectivity index (χ3v) is 4.43. The smallest absolute Gasteiger partial charge is 0.293 e. The van der Waals surface area contributed by atoms with Crippen LogP contribution in [0.15, 0.2) is 42.5 Å². The Morgan fingerprint density at radius 1 is 1.17 bits per heavy atom. The predicted molar refractivity (Wildman–Crippen MR) is 93.8 cm³/mol. The number of carbonyl (C=O) groups is 1. The Morgan fingerprint density at radius 2 is 1.83 bits per heavy atom. The molecule has 0 fully saturated rings. The Bertz CT molecular complexity index is 717. The molecule has 0 saturated carbocycles. The topological polar surface area (TPSA) is 72.2 Å². The van der Waals surface area contributed by atoms with E-state index in [-0.39, 0.29) is 23.0 Å². The lowest BCUT2D eigenvalue weighted by atomic mass is 10.1. The second-order valence-corrected chi connectivity index (χ2v) is 6.22. The van der Waals surface area contributed by atoms with Crippen LogP contribution < -0.4 is 5.32 Å². The average Bonchev–Trinajstić information content (AvgIpc) is 2.51. The first-order valence-corrected chi connectivity index (χ1v) is 8.30. The van der Waals surface area contributed by atoms with Crippen molar-refractivity contribution >= 4 is 29.0 Å². The number of aryl methyl sites for hydroxylation is 2. The Balaban J connectivity index is 1.97. The number of hydrogen-bond acceptors (Lipinski definition) is 4. The second-order valence-electron chi connectivity index (χ2n) is 5.24. The number of nitrogens with zero attached hydrogens (tertiary/aromatic N) is 1. The van der Waals surface area contributed by atoms with E-state index in [1.54, 1.807) is 6.07 Å². The summed E-state index contributed by atoms with van der Waals surface area (Å²) < 4.78 is 0. The van der Waals surface area contributed by atoms with Gasteiger partial charge >= 0.3 is 0 Å². The molecule has 0 aromatic heterocycles. The van der Waals surface area contributed by atoms with Crippen molar-refractivity contribution in [3.8, 4) is 0 Å². The molecule has 0 aliphatic carbocycles. The highest BCUT2D eigenvalue weighted by atomic mass is 32.2. The predicted octanol–water partition coefficient (Wildman–Crippen LogP) is 4.08. The molecule has 0 heterocycles. The molecule has 0 bridgehead atoms. The fourth-order valence-electron chi connectivity index (χ4n) is 2.07. The third kappa shape index (κ3) is 4.82. The van der Waals surface area contributed by atoms with Gasteiger partial charge in [-0.15, -0.1) is 11.8 Å². The maximum absolute atomic E-state index is 12.0. The molecule has 0 spiro atoms. The van der Waals surface area contributed by atoms with E-state index < -0.39 is 4.92 Å². The van der Waals surface area contributed by atoms with Gasteiger partial charge in [-0.2, -0.15) is 0 Å². The van der Waals surface area contributed by atoms with E-state index in [4.69, 9.17) is 0 Å². The first-order valence-electron chi connectivity index (χ1n) is 7.14. The van der Waals surface area contributed by atoms with Crippen molar-refractivity contribution in [1.29, 1.82) is 0 Å². The zero-order valence-corrected chi connectivity index (χ0v) is 13.9. The highest BCUT2D eigenvalue weighted by Crippen LogP contribution is 2.28. The molecule has 120 valence electrons. The molecule has 6 heteroatoms. The molecule has 0 aliphatic rings. The maximum atomic E-state index is 12.0. The maximum Gasteiger partial charge on any atom is 0.293 e. The van der Waals surface area contributed by atoms with Crippen molar-refractivity contribution in [2.75, 3.05) is 11.1 Å². The highest BCUT2D eigenvalue weighted by Gasteiger charge is 2.17. The molecule has 1 N–H and O–H groups in total. The van der Waals surface area contributed by atoms with Gasteiger partial charge in [-0.25, -0.2) is 0 Å². The van der Waals surface area contributed by atoms with Crippen LogP contribution in [0.25, 0.3) is 0 Å². The third-order valence-electron chi connectivity index (χ3n) is 3.43. The van der Waals surface area contributed by atoms with Gasteiger partial charge in [-0.1, -0.05) is 30.3 Å². The van der Waals surface area contributed by atoms with Gasteiger partial charge in [0, 0.05) is 11.8 Å². The number of amides is 1. The van der Waals surface area contributed by atoms with E-state index in [0.29, 0.717) is 0 Å². The van der Waals surface area contributed by atoms with E-state index >= 15 is 0 Å². The largest absolute Gasteiger partial charge is 0.320 e.